The molecule has 0 spiro atoms. The van der Waals surface area contributed by atoms with E-state index < -0.39 is 6.09 Å². The van der Waals surface area contributed by atoms with Crippen molar-refractivity contribution in [3.05, 3.63) is 89.2 Å². The van der Waals surface area contributed by atoms with Crippen molar-refractivity contribution in [1.82, 2.24) is 10.3 Å². The smallest absolute Gasteiger partial charge is 0.407 e. The van der Waals surface area contributed by atoms with Gasteiger partial charge in [-0.05, 0) is 45.9 Å². The zero-order valence-electron chi connectivity index (χ0n) is 15.8. The molecule has 1 aliphatic carbocycles. The van der Waals surface area contributed by atoms with Gasteiger partial charge in [-0.2, -0.15) is 0 Å². The lowest BCUT2D eigenvalue weighted by molar-refractivity contribution is 0.144. The summed E-state index contributed by atoms with van der Waals surface area (Å²) in [7, 11) is 0. The Morgan fingerprint density at radius 2 is 1.76 bits per heavy atom. The molecule has 0 saturated carbocycles. The van der Waals surface area contributed by atoms with Crippen molar-refractivity contribution in [2.75, 3.05) is 13.2 Å². The molecule has 0 unspecified atom stereocenters. The van der Waals surface area contributed by atoms with Crippen molar-refractivity contribution >= 4 is 6.09 Å². The molecule has 0 saturated heterocycles. The molecule has 5 nitrogen and oxygen atoms in total. The lowest BCUT2D eigenvalue weighted by atomic mass is 9.98. The highest BCUT2D eigenvalue weighted by molar-refractivity contribution is 5.79. The largest absolute Gasteiger partial charge is 0.449 e. The number of hydrogen-bond acceptors (Lipinski definition) is 4. The zero-order valence-corrected chi connectivity index (χ0v) is 15.8. The summed E-state index contributed by atoms with van der Waals surface area (Å²) < 4.78 is 5.46. The fraction of sp³-hybridized carbons (Fsp3) is 0.167. The predicted molar refractivity (Wildman–Crippen MR) is 110 cm³/mol. The summed E-state index contributed by atoms with van der Waals surface area (Å²) in [6.07, 6.45) is 1.09. The number of aromatic nitrogens is 1. The number of hydrogen-bond donors (Lipinski definition) is 2. The Balaban J connectivity index is 1.34. The molecular formula is C24H20N2O3. The summed E-state index contributed by atoms with van der Waals surface area (Å²) >= 11 is 0. The molecule has 0 radical (unpaired) electrons. The first kappa shape index (κ1) is 18.7. The normalized spacial score (nSPS) is 11.8. The number of nitrogens with one attached hydrogen (secondary N) is 1. The highest BCUT2D eigenvalue weighted by atomic mass is 16.5. The van der Waals surface area contributed by atoms with Crippen molar-refractivity contribution < 1.29 is 14.6 Å². The van der Waals surface area contributed by atoms with Crippen LogP contribution >= 0.6 is 0 Å². The Labute approximate surface area is 169 Å². The third-order valence-corrected chi connectivity index (χ3v) is 4.89. The summed E-state index contributed by atoms with van der Waals surface area (Å²) in [5.74, 6) is 5.72. The summed E-state index contributed by atoms with van der Waals surface area (Å²) in [5.41, 5.74) is 6.04. The monoisotopic (exact) mass is 384 g/mol. The van der Waals surface area contributed by atoms with Crippen molar-refractivity contribution in [1.29, 1.82) is 0 Å². The van der Waals surface area contributed by atoms with E-state index in [4.69, 9.17) is 9.84 Å². The van der Waals surface area contributed by atoms with Gasteiger partial charge in [-0.15, -0.1) is 0 Å². The van der Waals surface area contributed by atoms with E-state index in [9.17, 15) is 4.79 Å². The van der Waals surface area contributed by atoms with Gasteiger partial charge in [0.05, 0.1) is 13.2 Å². The molecule has 1 heterocycles. The van der Waals surface area contributed by atoms with Gasteiger partial charge >= 0.3 is 6.09 Å². The van der Waals surface area contributed by atoms with E-state index in [0.717, 1.165) is 5.56 Å². The summed E-state index contributed by atoms with van der Waals surface area (Å²) in [5, 5.41) is 11.8. The van der Waals surface area contributed by atoms with E-state index in [2.05, 4.69) is 46.4 Å². The van der Waals surface area contributed by atoms with Gasteiger partial charge in [-0.3, -0.25) is 0 Å². The van der Waals surface area contributed by atoms with Crippen LogP contribution in [0.15, 0.2) is 66.9 Å². The van der Waals surface area contributed by atoms with Gasteiger partial charge < -0.3 is 15.2 Å². The Bertz CT molecular complexity index is 1050. The van der Waals surface area contributed by atoms with E-state index in [-0.39, 0.29) is 25.7 Å². The molecule has 3 aromatic rings. The number of aliphatic hydroxyl groups excluding tert-OH is 1. The summed E-state index contributed by atoms with van der Waals surface area (Å²) in [6, 6.07) is 19.9. The maximum Gasteiger partial charge on any atom is 0.407 e. The summed E-state index contributed by atoms with van der Waals surface area (Å²) in [4.78, 5) is 16.2. The number of aliphatic hydroxyl groups is 1. The minimum absolute atomic E-state index is 0.0321. The van der Waals surface area contributed by atoms with Crippen LogP contribution in [0.25, 0.3) is 11.1 Å². The fourth-order valence-corrected chi connectivity index (χ4v) is 3.54. The number of rotatable bonds is 4. The molecule has 0 bridgehead atoms. The van der Waals surface area contributed by atoms with Crippen LogP contribution < -0.4 is 5.32 Å². The van der Waals surface area contributed by atoms with Crippen LogP contribution in [0.4, 0.5) is 4.79 Å². The first-order valence-electron chi connectivity index (χ1n) is 9.40. The number of benzene rings is 2. The molecule has 2 N–H and O–H groups in total. The van der Waals surface area contributed by atoms with Crippen LogP contribution in [0.3, 0.4) is 0 Å². The van der Waals surface area contributed by atoms with E-state index in [1.165, 1.54) is 22.3 Å². The van der Waals surface area contributed by atoms with Crippen LogP contribution in [-0.4, -0.2) is 29.3 Å². The van der Waals surface area contributed by atoms with Gasteiger partial charge in [0, 0.05) is 12.1 Å². The van der Waals surface area contributed by atoms with E-state index in [1.54, 1.807) is 18.3 Å². The van der Waals surface area contributed by atoms with Crippen LogP contribution in [-0.2, 0) is 11.3 Å². The molecule has 0 fully saturated rings. The van der Waals surface area contributed by atoms with Crippen molar-refractivity contribution in [3.8, 4) is 23.0 Å². The first-order valence-corrected chi connectivity index (χ1v) is 9.40. The Hall–Kier alpha value is -3.62. The van der Waals surface area contributed by atoms with Gasteiger partial charge in [0.1, 0.15) is 12.3 Å². The van der Waals surface area contributed by atoms with Crippen LogP contribution in [0.1, 0.15) is 28.3 Å². The van der Waals surface area contributed by atoms with Crippen LogP contribution in [0.2, 0.25) is 0 Å². The molecule has 0 atom stereocenters. The number of carbonyl (C=O) groups excluding carboxylic acids is 1. The molecule has 4 rings (SSSR count). The summed E-state index contributed by atoms with van der Waals surface area (Å²) in [6.45, 7) is 0.365. The molecule has 1 aromatic heterocycles. The highest BCUT2D eigenvalue weighted by Gasteiger charge is 2.28. The highest BCUT2D eigenvalue weighted by Crippen LogP contribution is 2.44. The molecule has 5 heteroatoms. The molecule has 29 heavy (non-hydrogen) atoms. The lowest BCUT2D eigenvalue weighted by Crippen LogP contribution is -2.26. The second-order valence-electron chi connectivity index (χ2n) is 6.69. The minimum atomic E-state index is -0.502. The number of alkyl carbamates (subject to hydrolysis) is 1. The first-order chi connectivity index (χ1) is 14.3. The number of ether oxygens (including phenoxy) is 1. The molecule has 1 aliphatic rings. The predicted octanol–water partition coefficient (Wildman–Crippen LogP) is 3.46. The number of nitrogens with zero attached hydrogens (tertiary/aromatic N) is 1. The average molecular weight is 384 g/mol. The fourth-order valence-electron chi connectivity index (χ4n) is 3.54. The van der Waals surface area contributed by atoms with E-state index >= 15 is 0 Å². The molecule has 2 aromatic carbocycles. The minimum Gasteiger partial charge on any atom is -0.449 e. The number of carbonyl (C=O) groups is 1. The van der Waals surface area contributed by atoms with Crippen LogP contribution in [0, 0.1) is 11.8 Å². The maximum atomic E-state index is 12.1. The van der Waals surface area contributed by atoms with Crippen molar-refractivity contribution in [2.45, 2.75) is 12.5 Å². The average Bonchev–Trinajstić information content (AvgIpc) is 3.09. The Kier molecular flexibility index (Phi) is 5.55. The SMILES string of the molecule is O=C(NCC#Cc1cc(CO)ccn1)OCC1c2ccccc2-c2ccccc21. The molecule has 1 amide bonds. The number of fused-ring (bicyclic) bond motifs is 3. The van der Waals surface area contributed by atoms with E-state index in [0.29, 0.717) is 5.69 Å². The number of amides is 1. The second-order valence-corrected chi connectivity index (χ2v) is 6.69. The van der Waals surface area contributed by atoms with Gasteiger partial charge in [0.2, 0.25) is 0 Å². The third kappa shape index (κ3) is 4.13. The van der Waals surface area contributed by atoms with Gasteiger partial charge in [-0.25, -0.2) is 9.78 Å². The number of pyridine rings is 1. The molecule has 0 aliphatic heterocycles. The van der Waals surface area contributed by atoms with Crippen molar-refractivity contribution in [3.63, 3.8) is 0 Å². The standard InChI is InChI=1S/C24H20N2O3/c27-15-17-11-13-25-18(14-17)6-5-12-26-24(28)29-16-23-21-9-3-1-7-19(21)20-8-2-4-10-22(20)23/h1-4,7-11,13-14,23,27H,12,15-16H2,(H,26,28). The molecular weight excluding hydrogens is 364 g/mol. The van der Waals surface area contributed by atoms with Gasteiger partial charge in [0.25, 0.3) is 0 Å². The van der Waals surface area contributed by atoms with Crippen molar-refractivity contribution in [2.24, 2.45) is 0 Å². The Morgan fingerprint density at radius 3 is 2.45 bits per heavy atom. The van der Waals surface area contributed by atoms with Gasteiger partial charge in [0.15, 0.2) is 0 Å². The topological polar surface area (TPSA) is 71.5 Å². The zero-order chi connectivity index (χ0) is 20.1. The quantitative estimate of drug-likeness (QED) is 0.676. The molecule has 144 valence electrons. The Morgan fingerprint density at radius 1 is 1.07 bits per heavy atom. The second kappa shape index (κ2) is 8.59. The van der Waals surface area contributed by atoms with E-state index in [1.807, 2.05) is 24.3 Å². The van der Waals surface area contributed by atoms with Gasteiger partial charge in [-0.1, -0.05) is 54.5 Å². The third-order valence-electron chi connectivity index (χ3n) is 4.89. The maximum absolute atomic E-state index is 12.1. The lowest BCUT2D eigenvalue weighted by Gasteiger charge is -2.14. The van der Waals surface area contributed by atoms with Crippen LogP contribution in [0.5, 0.6) is 0 Å².